The van der Waals surface area contributed by atoms with Crippen molar-refractivity contribution in [1.82, 2.24) is 0 Å². The molecule has 0 aliphatic rings. The van der Waals surface area contributed by atoms with Crippen LogP contribution in [-0.4, -0.2) is 92.1 Å². The van der Waals surface area contributed by atoms with Gasteiger partial charge in [-0.15, -0.1) is 69.9 Å². The molecule has 0 bridgehead atoms. The molecule has 0 spiro atoms. The average Bonchev–Trinajstić information content (AvgIpc) is 3.86. The molecule has 3 aromatic carbocycles. The van der Waals surface area contributed by atoms with Crippen LogP contribution in [0.1, 0.15) is 31.1 Å². The minimum atomic E-state index is -0.370. The zero-order valence-electron chi connectivity index (χ0n) is 33.4. The second-order valence-electron chi connectivity index (χ2n) is 9.47. The molecule has 2 heterocycles. The number of methoxy groups -OCH3 is 5. The van der Waals surface area contributed by atoms with Crippen molar-refractivity contribution in [1.29, 1.82) is 0 Å². The van der Waals surface area contributed by atoms with E-state index >= 15 is 0 Å². The Kier molecular flexibility index (Phi) is 37.9. The Hall–Kier alpha value is -0.782. The van der Waals surface area contributed by atoms with Gasteiger partial charge in [0.25, 0.3) is 6.47 Å². The van der Waals surface area contributed by atoms with E-state index in [-0.39, 0.29) is 149 Å². The monoisotopic (exact) mass is 1100 g/mol. The smallest absolute Gasteiger partial charge is 1.00 e. The van der Waals surface area contributed by atoms with Crippen LogP contribution in [0.3, 0.4) is 0 Å². The van der Waals surface area contributed by atoms with E-state index in [1.165, 1.54) is 58.2 Å². The summed E-state index contributed by atoms with van der Waals surface area (Å²) in [7, 11) is 8.45. The number of aldehydes is 1. The SMILES string of the molecule is BrB(Br)Br.COC(=O)CS.COC(=O)c1cc2cccc(O)c2s1.COC(=O)c1cc2cccc(OC)c2s1.COc1cccc(C=O)c1[N+](C)=O.O=CO[O-].[H-].[K+].[K+]. The molecule has 24 heteroatoms. The summed E-state index contributed by atoms with van der Waals surface area (Å²) in [5, 5.41) is 19.8. The standard InChI is InChI=1S/C11H10O3S.C10H8O3S.C9H10NO3.C3H6O2S.CH2O3.BBr3.2K.H/c1-13-8-5-3-4-7-6-9(11(12)14-2)15-10(7)8;1-13-10(12)8-5-6-3-2-4-7(11)9(6)14-8;1-10(12)9-7(6-11)4-3-5-8(9)13-2;1-5-3(4)2-6;2-1-4-3;2-1(3)4;;;/h3-6H,1-2H3;2-5,11H,1H3;3-6H,1-2H3;6H,2H2,1H3;1,3H;;;;/q;;+1;;;;2*+1;-1/p-1. The van der Waals surface area contributed by atoms with E-state index in [0.29, 0.717) is 36.8 Å². The van der Waals surface area contributed by atoms with Gasteiger partial charge in [-0.25, -0.2) is 9.59 Å². The number of ether oxygens (including phenoxy) is 5. The summed E-state index contributed by atoms with van der Waals surface area (Å²) >= 11 is 15.5. The van der Waals surface area contributed by atoms with E-state index in [0.717, 1.165) is 21.2 Å². The summed E-state index contributed by atoms with van der Waals surface area (Å²) < 4.78 is 26.2. The molecule has 0 unspecified atom stereocenters. The summed E-state index contributed by atoms with van der Waals surface area (Å²) in [6, 6.07) is 19.3. The molecule has 1 N–H and O–H groups in total. The number of aromatic hydroxyl groups is 1. The number of hydrogen-bond donors (Lipinski definition) is 2. The van der Waals surface area contributed by atoms with Crippen molar-refractivity contribution in [3.05, 3.63) is 87.0 Å². The number of carbonyl (C=O) groups excluding carboxylic acids is 5. The number of benzene rings is 3. The number of rotatable bonds is 8. The third-order valence-electron chi connectivity index (χ3n) is 6.11. The number of hydrogen-bond acceptors (Lipinski definition) is 17. The largest absolute Gasteiger partial charge is 1.00 e. The van der Waals surface area contributed by atoms with Gasteiger partial charge in [0.2, 0.25) is 0 Å². The van der Waals surface area contributed by atoms with Crippen LogP contribution in [0, 0.1) is 4.91 Å². The molecule has 0 fully saturated rings. The number of phenols is 1. The van der Waals surface area contributed by atoms with E-state index in [1.807, 2.05) is 30.3 Å². The second kappa shape index (κ2) is 35.8. The van der Waals surface area contributed by atoms with Crippen molar-refractivity contribution in [3.63, 3.8) is 0 Å². The maximum absolute atomic E-state index is 11.3. The summed E-state index contributed by atoms with van der Waals surface area (Å²) in [6.45, 7) is -0.181. The number of esters is 3. The summed E-state index contributed by atoms with van der Waals surface area (Å²) in [6.07, 6.45) is 0.631. The molecule has 2 aromatic heterocycles. The third kappa shape index (κ3) is 22.9. The molecular weight excluding hydrogens is 1070 g/mol. The molecule has 0 amide bonds. The van der Waals surface area contributed by atoms with Crippen LogP contribution in [0.5, 0.6) is 17.2 Å². The Morgan fingerprint density at radius 2 is 1.24 bits per heavy atom. The second-order valence-corrected chi connectivity index (χ2v) is 18.3. The van der Waals surface area contributed by atoms with Crippen molar-refractivity contribution in [3.8, 4) is 17.2 Å². The van der Waals surface area contributed by atoms with Gasteiger partial charge >= 0.3 is 130 Å². The van der Waals surface area contributed by atoms with Gasteiger partial charge in [0.15, 0.2) is 19.1 Å². The maximum atomic E-state index is 11.3. The van der Waals surface area contributed by atoms with E-state index < -0.39 is 0 Å². The van der Waals surface area contributed by atoms with Crippen molar-refractivity contribution < 1.29 is 172 Å². The zero-order valence-corrected chi connectivity index (χ0v) is 45.9. The van der Waals surface area contributed by atoms with Gasteiger partial charge in [0.1, 0.15) is 21.3 Å². The molecule has 0 saturated carbocycles. The fourth-order valence-corrected chi connectivity index (χ4v) is 6.04. The minimum absolute atomic E-state index is 0. The topological polar surface area (TPSA) is 204 Å². The van der Waals surface area contributed by atoms with Crippen LogP contribution < -0.4 is 118 Å². The van der Waals surface area contributed by atoms with Crippen LogP contribution in [0.4, 0.5) is 5.69 Å². The number of nitrogens with zero attached hydrogens (tertiary/aromatic N) is 1. The summed E-state index contributed by atoms with van der Waals surface area (Å²) in [5.41, 5.74) is 0.594. The number of halogens is 3. The zero-order chi connectivity index (χ0) is 42.8. The number of carbonyl (C=O) groups is 5. The summed E-state index contributed by atoms with van der Waals surface area (Å²) in [4.78, 5) is 66.4. The Bertz CT molecular complexity index is 2040. The number of phenolic OH excluding ortho intramolecular Hbond substituents is 1. The quantitative estimate of drug-likeness (QED) is 0.0330. The normalized spacial score (nSPS) is 8.88. The summed E-state index contributed by atoms with van der Waals surface area (Å²) in [5.74, 6) is 0.579. The van der Waals surface area contributed by atoms with Gasteiger partial charge < -0.3 is 40.4 Å². The Morgan fingerprint density at radius 1 is 0.810 bits per heavy atom. The van der Waals surface area contributed by atoms with Gasteiger partial charge in [-0.3, -0.25) is 14.4 Å². The minimum Gasteiger partial charge on any atom is -1.00 e. The molecule has 0 aliphatic carbocycles. The molecule has 5 rings (SSSR count). The number of para-hydroxylation sites is 1. The van der Waals surface area contributed by atoms with Crippen LogP contribution in [-0.2, 0) is 28.7 Å². The number of thiol groups is 1. The molecule has 0 aliphatic heterocycles. The first-order valence-electron chi connectivity index (χ1n) is 14.9. The van der Waals surface area contributed by atoms with E-state index in [4.69, 9.17) is 19.5 Å². The number of fused-ring (bicyclic) bond motifs is 2. The van der Waals surface area contributed by atoms with Crippen LogP contribution >= 0.6 is 82.6 Å². The van der Waals surface area contributed by atoms with E-state index in [9.17, 15) is 29.2 Å². The molecular formula is C34H36BBr3K2NO14S3+. The Labute approximate surface area is 459 Å². The van der Waals surface area contributed by atoms with Gasteiger partial charge in [-0.05, 0) is 47.2 Å². The predicted octanol–water partition coefficient (Wildman–Crippen LogP) is 1.44. The van der Waals surface area contributed by atoms with Crippen molar-refractivity contribution in [2.75, 3.05) is 48.3 Å². The first kappa shape index (κ1) is 61.5. The molecule has 304 valence electrons. The van der Waals surface area contributed by atoms with E-state index in [2.05, 4.69) is 79.0 Å². The van der Waals surface area contributed by atoms with Crippen molar-refractivity contribution in [2.24, 2.45) is 0 Å². The van der Waals surface area contributed by atoms with Crippen molar-refractivity contribution >= 4 is 142 Å². The van der Waals surface area contributed by atoms with E-state index in [1.54, 1.807) is 43.5 Å². The Morgan fingerprint density at radius 3 is 1.60 bits per heavy atom. The van der Waals surface area contributed by atoms with Gasteiger partial charge in [0.05, 0.1) is 56.3 Å². The Balaban J connectivity index is -0.000000325. The number of nitroso groups, excluding NO2 is 1. The first-order valence-corrected chi connectivity index (χ1v) is 20.0. The fourth-order valence-electron chi connectivity index (χ4n) is 3.85. The molecule has 0 atom stereocenters. The third-order valence-corrected chi connectivity index (χ3v) is 8.67. The predicted molar refractivity (Wildman–Crippen MR) is 229 cm³/mol. The molecule has 5 aromatic rings. The fraction of sp³-hybridized carbons (Fsp3) is 0.206. The van der Waals surface area contributed by atoms with Gasteiger partial charge in [0, 0.05) is 9.67 Å². The van der Waals surface area contributed by atoms with Crippen LogP contribution in [0.2, 0.25) is 0 Å². The van der Waals surface area contributed by atoms with Gasteiger partial charge in [-0.1, -0.05) is 30.3 Å². The first-order chi connectivity index (χ1) is 26.6. The molecule has 15 nitrogen and oxygen atoms in total. The van der Waals surface area contributed by atoms with Crippen LogP contribution in [0.15, 0.2) is 66.7 Å². The average molecular weight is 1110 g/mol. The van der Waals surface area contributed by atoms with Crippen molar-refractivity contribution in [2.45, 2.75) is 0 Å². The molecule has 0 saturated heterocycles. The molecule has 0 radical (unpaired) electrons. The van der Waals surface area contributed by atoms with Crippen LogP contribution in [0.25, 0.3) is 20.2 Å². The van der Waals surface area contributed by atoms with Gasteiger partial charge in [-0.2, -0.15) is 12.6 Å². The maximum Gasteiger partial charge on any atom is 1.00 e. The molecule has 58 heavy (non-hydrogen) atoms. The number of thiophene rings is 2.